The quantitative estimate of drug-likeness (QED) is 0.569. The molecule has 1 unspecified atom stereocenters. The van der Waals surface area contributed by atoms with E-state index in [9.17, 15) is 19.5 Å². The topological polar surface area (TPSA) is 113 Å². The minimum atomic E-state index is -0.982. The number of hydrogen-bond donors (Lipinski definition) is 2. The first-order valence-electron chi connectivity index (χ1n) is 10.7. The molecule has 1 aliphatic rings. The average Bonchev–Trinajstić information content (AvgIpc) is 2.80. The molecule has 168 valence electrons. The van der Waals surface area contributed by atoms with E-state index in [0.717, 1.165) is 31.3 Å². The number of para-hydroxylation sites is 1. The fraction of sp³-hybridized carbons (Fsp3) is 0.375. The van der Waals surface area contributed by atoms with Crippen molar-refractivity contribution in [3.8, 4) is 5.75 Å². The SMILES string of the molecule is COC(=O)CC(c1oc(CN2CCCCC2)cc(=O)c1O)c1cc2ccccc2[nH]c1=O. The van der Waals surface area contributed by atoms with Crippen molar-refractivity contribution in [3.05, 3.63) is 74.1 Å². The lowest BCUT2D eigenvalue weighted by atomic mass is 9.92. The van der Waals surface area contributed by atoms with E-state index < -0.39 is 28.6 Å². The highest BCUT2D eigenvalue weighted by Crippen LogP contribution is 2.33. The van der Waals surface area contributed by atoms with Gasteiger partial charge in [0.15, 0.2) is 5.76 Å². The second-order valence-corrected chi connectivity index (χ2v) is 8.10. The molecule has 8 nitrogen and oxygen atoms in total. The van der Waals surface area contributed by atoms with Gasteiger partial charge in [-0.05, 0) is 43.5 Å². The Morgan fingerprint density at radius 2 is 1.94 bits per heavy atom. The molecule has 3 aromatic rings. The van der Waals surface area contributed by atoms with Crippen molar-refractivity contribution in [2.24, 2.45) is 0 Å². The normalized spacial score (nSPS) is 15.5. The van der Waals surface area contributed by atoms with Crippen LogP contribution in [0.1, 0.15) is 48.7 Å². The van der Waals surface area contributed by atoms with Crippen LogP contribution in [0.25, 0.3) is 10.9 Å². The van der Waals surface area contributed by atoms with Crippen LogP contribution in [0.5, 0.6) is 5.75 Å². The summed E-state index contributed by atoms with van der Waals surface area (Å²) in [5.74, 6) is -1.89. The summed E-state index contributed by atoms with van der Waals surface area (Å²) in [4.78, 5) is 42.6. The molecule has 0 radical (unpaired) electrons. The molecule has 2 N–H and O–H groups in total. The molecule has 1 aromatic carbocycles. The molecule has 4 rings (SSSR count). The predicted molar refractivity (Wildman–Crippen MR) is 119 cm³/mol. The summed E-state index contributed by atoms with van der Waals surface area (Å²) in [5.41, 5.74) is -0.184. The maximum absolute atomic E-state index is 12.9. The van der Waals surface area contributed by atoms with E-state index in [1.54, 1.807) is 18.2 Å². The number of rotatable bonds is 6. The van der Waals surface area contributed by atoms with Crippen LogP contribution < -0.4 is 11.0 Å². The molecule has 2 aromatic heterocycles. The number of aromatic nitrogens is 1. The molecule has 1 aliphatic heterocycles. The molecule has 1 saturated heterocycles. The van der Waals surface area contributed by atoms with Gasteiger partial charge in [-0.15, -0.1) is 0 Å². The summed E-state index contributed by atoms with van der Waals surface area (Å²) in [7, 11) is 1.24. The van der Waals surface area contributed by atoms with Gasteiger partial charge in [0, 0.05) is 17.1 Å². The van der Waals surface area contributed by atoms with Gasteiger partial charge in [0.2, 0.25) is 11.2 Å². The fourth-order valence-corrected chi connectivity index (χ4v) is 4.22. The zero-order valence-corrected chi connectivity index (χ0v) is 17.9. The number of aromatic amines is 1. The number of carbonyl (C=O) groups is 1. The number of pyridine rings is 1. The lowest BCUT2D eigenvalue weighted by Crippen LogP contribution is -2.29. The molecule has 8 heteroatoms. The number of nitrogens with zero attached hydrogens (tertiary/aromatic N) is 1. The summed E-state index contributed by atoms with van der Waals surface area (Å²) in [6.45, 7) is 2.22. The highest BCUT2D eigenvalue weighted by Gasteiger charge is 2.29. The van der Waals surface area contributed by atoms with Crippen LogP contribution in [0.4, 0.5) is 0 Å². The Balaban J connectivity index is 1.81. The Hall–Kier alpha value is -3.39. The van der Waals surface area contributed by atoms with Crippen molar-refractivity contribution in [1.29, 1.82) is 0 Å². The predicted octanol–water partition coefficient (Wildman–Crippen LogP) is 2.87. The molecule has 1 fully saturated rings. The Morgan fingerprint density at radius 1 is 1.19 bits per heavy atom. The number of nitrogens with one attached hydrogen (secondary N) is 1. The second-order valence-electron chi connectivity index (χ2n) is 8.10. The van der Waals surface area contributed by atoms with Gasteiger partial charge < -0.3 is 19.2 Å². The standard InChI is InChI=1S/C24H26N2O6/c1-31-21(28)13-17(18-11-15-7-3-4-8-19(15)25-24(18)30)23-22(29)20(27)12-16(32-23)14-26-9-5-2-6-10-26/h3-4,7-8,11-12,17,29H,2,5-6,9-10,13-14H2,1H3,(H,25,30). The average molecular weight is 438 g/mol. The highest BCUT2D eigenvalue weighted by molar-refractivity contribution is 5.79. The van der Waals surface area contributed by atoms with E-state index in [-0.39, 0.29) is 17.7 Å². The van der Waals surface area contributed by atoms with Gasteiger partial charge in [0.05, 0.1) is 26.0 Å². The van der Waals surface area contributed by atoms with Crippen LogP contribution in [0.3, 0.4) is 0 Å². The number of aromatic hydroxyl groups is 1. The molecule has 32 heavy (non-hydrogen) atoms. The van der Waals surface area contributed by atoms with Crippen LogP contribution in [0.15, 0.2) is 50.4 Å². The monoisotopic (exact) mass is 438 g/mol. The molecule has 1 atom stereocenters. The van der Waals surface area contributed by atoms with Crippen LogP contribution >= 0.6 is 0 Å². The van der Waals surface area contributed by atoms with Gasteiger partial charge in [-0.3, -0.25) is 19.3 Å². The molecule has 3 heterocycles. The minimum absolute atomic E-state index is 0.101. The van der Waals surface area contributed by atoms with E-state index in [4.69, 9.17) is 9.15 Å². The number of benzene rings is 1. The Labute approximate surface area is 184 Å². The van der Waals surface area contributed by atoms with Gasteiger partial charge in [0.1, 0.15) is 5.76 Å². The van der Waals surface area contributed by atoms with Crippen molar-refractivity contribution in [2.45, 2.75) is 38.1 Å². The molecular weight excluding hydrogens is 412 g/mol. The number of esters is 1. The van der Waals surface area contributed by atoms with E-state index >= 15 is 0 Å². The molecular formula is C24H26N2O6. The Kier molecular flexibility index (Phi) is 6.41. The lowest BCUT2D eigenvalue weighted by molar-refractivity contribution is -0.140. The van der Waals surface area contributed by atoms with E-state index in [1.165, 1.54) is 19.6 Å². The van der Waals surface area contributed by atoms with Gasteiger partial charge in [0.25, 0.3) is 5.56 Å². The molecule has 0 amide bonds. The fourth-order valence-electron chi connectivity index (χ4n) is 4.22. The molecule has 0 bridgehead atoms. The molecule has 0 spiro atoms. The number of piperidine rings is 1. The van der Waals surface area contributed by atoms with Gasteiger partial charge >= 0.3 is 5.97 Å². The maximum Gasteiger partial charge on any atom is 0.306 e. The van der Waals surface area contributed by atoms with Crippen LogP contribution in [0, 0.1) is 0 Å². The first-order chi connectivity index (χ1) is 15.5. The van der Waals surface area contributed by atoms with E-state index in [0.29, 0.717) is 17.8 Å². The summed E-state index contributed by atoms with van der Waals surface area (Å²) in [6, 6.07) is 10.2. The van der Waals surface area contributed by atoms with Gasteiger partial charge in [-0.2, -0.15) is 0 Å². The first kappa shape index (κ1) is 21.8. The van der Waals surface area contributed by atoms with Crippen LogP contribution in [-0.2, 0) is 16.1 Å². The van der Waals surface area contributed by atoms with Crippen molar-refractivity contribution in [2.75, 3.05) is 20.2 Å². The van der Waals surface area contributed by atoms with Crippen molar-refractivity contribution in [1.82, 2.24) is 9.88 Å². The number of ether oxygens (including phenoxy) is 1. The van der Waals surface area contributed by atoms with Crippen molar-refractivity contribution in [3.63, 3.8) is 0 Å². The number of likely N-dealkylation sites (tertiary alicyclic amines) is 1. The number of hydrogen-bond acceptors (Lipinski definition) is 7. The van der Waals surface area contributed by atoms with Crippen molar-refractivity contribution < 1.29 is 19.1 Å². The molecule has 0 aliphatic carbocycles. The van der Waals surface area contributed by atoms with Gasteiger partial charge in [-0.1, -0.05) is 24.6 Å². The first-order valence-corrected chi connectivity index (χ1v) is 10.7. The summed E-state index contributed by atoms with van der Waals surface area (Å²) in [6.07, 6.45) is 3.06. The van der Waals surface area contributed by atoms with Gasteiger partial charge in [-0.25, -0.2) is 0 Å². The highest BCUT2D eigenvalue weighted by atomic mass is 16.5. The second kappa shape index (κ2) is 9.40. The number of methoxy groups -OCH3 is 1. The third kappa shape index (κ3) is 4.60. The molecule has 0 saturated carbocycles. The third-order valence-corrected chi connectivity index (χ3v) is 5.90. The third-order valence-electron chi connectivity index (χ3n) is 5.90. The number of fused-ring (bicyclic) bond motifs is 1. The van der Waals surface area contributed by atoms with Crippen molar-refractivity contribution >= 4 is 16.9 Å². The Morgan fingerprint density at radius 3 is 2.69 bits per heavy atom. The minimum Gasteiger partial charge on any atom is -0.502 e. The lowest BCUT2D eigenvalue weighted by Gasteiger charge is -2.26. The maximum atomic E-state index is 12.9. The van der Waals surface area contributed by atoms with Crippen LogP contribution in [0.2, 0.25) is 0 Å². The summed E-state index contributed by atoms with van der Waals surface area (Å²) in [5, 5.41) is 11.3. The zero-order chi connectivity index (χ0) is 22.7. The van der Waals surface area contributed by atoms with Crippen LogP contribution in [-0.4, -0.2) is 41.2 Å². The summed E-state index contributed by atoms with van der Waals surface area (Å²) < 4.78 is 10.8. The smallest absolute Gasteiger partial charge is 0.306 e. The number of H-pyrrole nitrogens is 1. The van der Waals surface area contributed by atoms with E-state index in [1.807, 2.05) is 12.1 Å². The largest absolute Gasteiger partial charge is 0.502 e. The summed E-state index contributed by atoms with van der Waals surface area (Å²) >= 11 is 0. The number of carbonyl (C=O) groups excluding carboxylic acids is 1. The Bertz CT molecular complexity index is 1240. The zero-order valence-electron chi connectivity index (χ0n) is 17.9. The van der Waals surface area contributed by atoms with E-state index in [2.05, 4.69) is 9.88 Å².